The summed E-state index contributed by atoms with van der Waals surface area (Å²) in [7, 11) is -0.489. The second kappa shape index (κ2) is 8.78. The molecule has 0 radical (unpaired) electrons. The first-order chi connectivity index (χ1) is 14.3. The monoisotopic (exact) mass is 454 g/mol. The highest BCUT2D eigenvalue weighted by atomic mass is 32.2. The third-order valence-electron chi connectivity index (χ3n) is 7.37. The van der Waals surface area contributed by atoms with Crippen molar-refractivity contribution < 1.29 is 23.6 Å². The Bertz CT molecular complexity index is 700. The summed E-state index contributed by atoms with van der Waals surface area (Å²) in [5.41, 5.74) is -0.658. The molecule has 0 aromatic rings. The summed E-state index contributed by atoms with van der Waals surface area (Å²) >= 11 is 1.63. The second-order valence-electron chi connectivity index (χ2n) is 11.1. The van der Waals surface area contributed by atoms with E-state index in [2.05, 4.69) is 31.4 Å². The van der Waals surface area contributed by atoms with Crippen molar-refractivity contribution in [1.29, 1.82) is 0 Å². The molecule has 0 aromatic heterocycles. The van der Waals surface area contributed by atoms with E-state index in [1.807, 2.05) is 13.2 Å². The lowest BCUT2D eigenvalue weighted by molar-refractivity contribution is -0.199. The summed E-state index contributed by atoms with van der Waals surface area (Å²) < 4.78 is 18.1. The van der Waals surface area contributed by atoms with Gasteiger partial charge < -0.3 is 24.7 Å². The highest BCUT2D eigenvalue weighted by Gasteiger charge is 2.68. The lowest BCUT2D eigenvalue weighted by Gasteiger charge is -2.64. The first kappa shape index (κ1) is 24.7. The maximum atomic E-state index is 13.0. The third-order valence-corrected chi connectivity index (χ3v) is 8.01. The van der Waals surface area contributed by atoms with Crippen LogP contribution in [0.5, 0.6) is 0 Å². The van der Waals surface area contributed by atoms with Gasteiger partial charge in [0.1, 0.15) is 11.6 Å². The third kappa shape index (κ3) is 5.03. The average Bonchev–Trinajstić information content (AvgIpc) is 3.00. The van der Waals surface area contributed by atoms with E-state index in [-0.39, 0.29) is 29.0 Å². The molecule has 6 atom stereocenters. The summed E-state index contributed by atoms with van der Waals surface area (Å²) in [6, 6.07) is -0.671. The number of alkyl carbamates (subject to hydrolysis) is 1. The molecule has 3 aliphatic carbocycles. The molecule has 0 aromatic carbocycles. The lowest BCUT2D eigenvalue weighted by Crippen LogP contribution is -2.65. The molecule has 2 amide bonds. The van der Waals surface area contributed by atoms with Crippen molar-refractivity contribution in [3.05, 3.63) is 0 Å². The maximum absolute atomic E-state index is 13.0. The zero-order chi connectivity index (χ0) is 23.2. The van der Waals surface area contributed by atoms with Crippen molar-refractivity contribution in [3.63, 3.8) is 0 Å². The molecule has 1 heterocycles. The molecule has 4 aliphatic rings. The molecule has 176 valence electrons. The van der Waals surface area contributed by atoms with Crippen molar-refractivity contribution in [2.75, 3.05) is 12.0 Å². The molecule has 1 saturated heterocycles. The molecule has 0 spiro atoms. The van der Waals surface area contributed by atoms with Crippen molar-refractivity contribution in [3.8, 4) is 0 Å². The Kier molecular flexibility index (Phi) is 7.00. The van der Waals surface area contributed by atoms with Gasteiger partial charge in [-0.1, -0.05) is 13.8 Å². The topological polar surface area (TPSA) is 85.9 Å². The number of amides is 2. The van der Waals surface area contributed by atoms with Crippen molar-refractivity contribution in [2.45, 2.75) is 97.0 Å². The van der Waals surface area contributed by atoms with Gasteiger partial charge in [0.05, 0.1) is 17.6 Å². The van der Waals surface area contributed by atoms with Gasteiger partial charge in [0.2, 0.25) is 5.91 Å². The molecule has 0 unspecified atom stereocenters. The van der Waals surface area contributed by atoms with Crippen molar-refractivity contribution >= 4 is 30.9 Å². The average molecular weight is 454 g/mol. The van der Waals surface area contributed by atoms with Crippen LogP contribution in [0.4, 0.5) is 4.79 Å². The van der Waals surface area contributed by atoms with E-state index in [9.17, 15) is 9.59 Å². The van der Waals surface area contributed by atoms with Gasteiger partial charge in [0, 0.05) is 0 Å². The quantitative estimate of drug-likeness (QED) is 0.574. The number of rotatable bonds is 7. The summed E-state index contributed by atoms with van der Waals surface area (Å²) in [5.74, 6) is 1.32. The number of ether oxygens (including phenoxy) is 1. The Morgan fingerprint density at radius 2 is 1.90 bits per heavy atom. The first-order valence-electron chi connectivity index (χ1n) is 11.4. The predicted molar refractivity (Wildman–Crippen MR) is 124 cm³/mol. The zero-order valence-corrected chi connectivity index (χ0v) is 21.1. The Morgan fingerprint density at radius 3 is 2.48 bits per heavy atom. The Hall–Kier alpha value is -0.925. The Balaban J connectivity index is 1.59. The number of nitrogens with one attached hydrogen (secondary N) is 2. The van der Waals surface area contributed by atoms with Gasteiger partial charge in [0.15, 0.2) is 0 Å². The van der Waals surface area contributed by atoms with Gasteiger partial charge in [0.25, 0.3) is 0 Å². The van der Waals surface area contributed by atoms with Crippen LogP contribution in [0.25, 0.3) is 0 Å². The highest BCUT2D eigenvalue weighted by Crippen LogP contribution is 2.65. The minimum absolute atomic E-state index is 0.0702. The van der Waals surface area contributed by atoms with Crippen molar-refractivity contribution in [1.82, 2.24) is 10.6 Å². The zero-order valence-electron chi connectivity index (χ0n) is 20.2. The first-order valence-corrected chi connectivity index (χ1v) is 12.8. The van der Waals surface area contributed by atoms with Gasteiger partial charge in [-0.05, 0) is 83.1 Å². The van der Waals surface area contributed by atoms with E-state index in [0.717, 1.165) is 12.2 Å². The van der Waals surface area contributed by atoms with Crippen LogP contribution in [0, 0.1) is 17.3 Å². The number of hydrogen-bond acceptors (Lipinski definition) is 6. The minimum Gasteiger partial charge on any atom is -0.444 e. The fourth-order valence-corrected chi connectivity index (χ4v) is 5.93. The van der Waals surface area contributed by atoms with Crippen LogP contribution < -0.4 is 10.6 Å². The van der Waals surface area contributed by atoms with E-state index >= 15 is 0 Å². The minimum atomic E-state index is -0.671. The molecule has 4 fully saturated rings. The number of hydrogen-bond donors (Lipinski definition) is 2. The molecular formula is C22H39BN2O5S. The van der Waals surface area contributed by atoms with Gasteiger partial charge in [-0.3, -0.25) is 4.79 Å². The molecule has 9 heteroatoms. The Labute approximate surface area is 191 Å². The van der Waals surface area contributed by atoms with Gasteiger partial charge in [-0.15, -0.1) is 0 Å². The largest absolute Gasteiger partial charge is 0.481 e. The van der Waals surface area contributed by atoms with Crippen LogP contribution in [0.1, 0.15) is 67.7 Å². The predicted octanol–water partition coefficient (Wildman–Crippen LogP) is 3.41. The molecule has 7 nitrogen and oxygen atoms in total. The van der Waals surface area contributed by atoms with Crippen LogP contribution >= 0.6 is 11.8 Å². The molecular weight excluding hydrogens is 415 g/mol. The molecule has 2 bridgehead atoms. The number of carbonyl (C=O) groups is 2. The van der Waals surface area contributed by atoms with Gasteiger partial charge in [-0.2, -0.15) is 11.8 Å². The van der Waals surface area contributed by atoms with Gasteiger partial charge in [-0.25, -0.2) is 4.79 Å². The van der Waals surface area contributed by atoms with Crippen LogP contribution in [0.2, 0.25) is 0 Å². The molecule has 2 N–H and O–H groups in total. The summed E-state index contributed by atoms with van der Waals surface area (Å²) in [6.07, 6.45) is 4.17. The summed E-state index contributed by atoms with van der Waals surface area (Å²) in [4.78, 5) is 25.2. The van der Waals surface area contributed by atoms with E-state index in [4.69, 9.17) is 14.0 Å². The van der Waals surface area contributed by atoms with Gasteiger partial charge >= 0.3 is 13.2 Å². The second-order valence-corrected chi connectivity index (χ2v) is 12.1. The van der Waals surface area contributed by atoms with E-state index in [0.29, 0.717) is 18.3 Å². The summed E-state index contributed by atoms with van der Waals surface area (Å²) in [6.45, 7) is 14.1. The smallest absolute Gasteiger partial charge is 0.444 e. The maximum Gasteiger partial charge on any atom is 0.481 e. The van der Waals surface area contributed by atoms with E-state index in [1.165, 1.54) is 6.42 Å². The molecule has 31 heavy (non-hydrogen) atoms. The molecule has 3 saturated carbocycles. The lowest BCUT2D eigenvalue weighted by atomic mass is 9.43. The van der Waals surface area contributed by atoms with Crippen LogP contribution in [-0.4, -0.2) is 60.4 Å². The standard InChI is InChI=1S/C22H39BN2O5S/c1-13(23-29-17-12-14-11-16(21(14,5)6)22(17,7)30-23)24-18(26)15(9-10-31-8)25-19(27)28-20(2,3)4/h13-17H,9-12H2,1-8H3,(H,24,26)(H,25,27)/t13-,14-,15-,16-,17+,22-/m0/s1. The van der Waals surface area contributed by atoms with Crippen molar-refractivity contribution in [2.24, 2.45) is 17.3 Å². The fraction of sp³-hybridized carbons (Fsp3) is 0.909. The number of thioether (sulfide) groups is 1. The van der Waals surface area contributed by atoms with Crippen LogP contribution in [-0.2, 0) is 18.8 Å². The fourth-order valence-electron chi connectivity index (χ4n) is 5.46. The Morgan fingerprint density at radius 1 is 1.23 bits per heavy atom. The normalized spacial score (nSPS) is 33.0. The van der Waals surface area contributed by atoms with Crippen LogP contribution in [0.3, 0.4) is 0 Å². The SMILES string of the molecule is CSCC[C@H](NC(=O)OC(C)(C)C)C(=O)N[C@@H](C)B1O[C@@H]2C[C@@H]3C[C@@H](C3(C)C)[C@]2(C)O1. The summed E-state index contributed by atoms with van der Waals surface area (Å²) in [5, 5.41) is 5.72. The highest BCUT2D eigenvalue weighted by molar-refractivity contribution is 7.98. The molecule has 1 aliphatic heterocycles. The van der Waals surface area contributed by atoms with E-state index in [1.54, 1.807) is 32.5 Å². The van der Waals surface area contributed by atoms with Crippen LogP contribution in [0.15, 0.2) is 0 Å². The molecule has 4 rings (SSSR count). The number of carbonyl (C=O) groups excluding carboxylic acids is 2. The van der Waals surface area contributed by atoms with E-state index < -0.39 is 24.9 Å².